The van der Waals surface area contributed by atoms with Gasteiger partial charge in [0.2, 0.25) is 0 Å². The van der Waals surface area contributed by atoms with Crippen molar-refractivity contribution in [3.8, 4) is 10.4 Å². The number of carbonyl (C=O) groups excluding carboxylic acids is 2. The van der Waals surface area contributed by atoms with Gasteiger partial charge >= 0.3 is 7.12 Å². The zero-order valence-corrected chi connectivity index (χ0v) is 38.3. The van der Waals surface area contributed by atoms with Crippen LogP contribution in [0.2, 0.25) is 0 Å². The molecule has 1 fully saturated rings. The molecule has 2 amide bonds. The molecular weight excluding hydrogens is 909 g/mol. The second kappa shape index (κ2) is 19.1. The Hall–Kier alpha value is -5.52. The average Bonchev–Trinajstić information content (AvgIpc) is 4.07. The van der Waals surface area contributed by atoms with Crippen molar-refractivity contribution in [2.24, 2.45) is 0 Å². The highest BCUT2D eigenvalue weighted by Gasteiger charge is 2.52. The lowest BCUT2D eigenvalue weighted by Crippen LogP contribution is -2.41. The van der Waals surface area contributed by atoms with E-state index in [4.69, 9.17) is 18.4 Å². The Kier molecular flexibility index (Phi) is 14.2. The summed E-state index contributed by atoms with van der Waals surface area (Å²) in [7, 11) is -0.366. The van der Waals surface area contributed by atoms with Gasteiger partial charge in [-0.3, -0.25) is 9.59 Å². The highest BCUT2D eigenvalue weighted by Crippen LogP contribution is 2.38. The van der Waals surface area contributed by atoms with Crippen molar-refractivity contribution in [1.82, 2.24) is 10.3 Å². The van der Waals surface area contributed by atoms with Crippen LogP contribution in [0.15, 0.2) is 110 Å². The monoisotopic (exact) mass is 954 g/mol. The lowest BCUT2D eigenvalue weighted by Gasteiger charge is -2.32. The van der Waals surface area contributed by atoms with Crippen LogP contribution in [-0.2, 0) is 9.31 Å². The number of nitrogens with one attached hydrogen (secondary N) is 2. The first-order valence-corrected chi connectivity index (χ1v) is 21.9. The Bertz CT molecular complexity index is 2930. The van der Waals surface area contributed by atoms with E-state index in [1.807, 2.05) is 45.0 Å². The molecule has 4 aromatic carbocycles. The predicted molar refractivity (Wildman–Crippen MR) is 253 cm³/mol. The first kappa shape index (κ1) is 47.0. The standard InChI is InChI=1S/C20H15FN2O2S.C15H20BNO3.C11H7BrFNOS.CH4/c1-11-9-14-12(2)23-25-17(14)10-13(11)18-7-8-19(26-18)20(24)22-16-6-4-3-5-15(16)21;1-9-7-11-10(2)17-18-13(11)8-12(9)16-19-14(3,4)15(5,6)20-16;12-10-6-5-9(16-10)11(15)14-8-4-2-1-3-7(8)13;/h3-10H,1-2H3,(H,22,24);7-8H,1-6H3;1-6H,(H,14,15);1H4. The molecular formula is C47H46BBrF2N4O6S2. The number of fused-ring (bicyclic) bond motifs is 2. The minimum absolute atomic E-state index is 0. The topological polar surface area (TPSA) is 129 Å². The first-order chi connectivity index (χ1) is 29.4. The lowest BCUT2D eigenvalue weighted by molar-refractivity contribution is 0.00578. The summed E-state index contributed by atoms with van der Waals surface area (Å²) in [5.41, 5.74) is 7.14. The van der Waals surface area contributed by atoms with Gasteiger partial charge in [0.05, 0.1) is 47.5 Å². The third kappa shape index (κ3) is 10.3. The number of aryl methyl sites for hydroxylation is 4. The van der Waals surface area contributed by atoms with E-state index in [0.29, 0.717) is 15.3 Å². The van der Waals surface area contributed by atoms with Crippen LogP contribution >= 0.6 is 38.6 Å². The van der Waals surface area contributed by atoms with Gasteiger partial charge in [-0.25, -0.2) is 8.78 Å². The van der Waals surface area contributed by atoms with Crippen LogP contribution in [0.4, 0.5) is 20.2 Å². The van der Waals surface area contributed by atoms with Gasteiger partial charge < -0.3 is 29.0 Å². The third-order valence-electron chi connectivity index (χ3n) is 10.7. The number of halogens is 3. The van der Waals surface area contributed by atoms with Gasteiger partial charge in [-0.15, -0.1) is 22.7 Å². The number of hydrogen-bond donors (Lipinski definition) is 2. The molecule has 1 aliphatic heterocycles. The van der Waals surface area contributed by atoms with Gasteiger partial charge in [0.15, 0.2) is 11.2 Å². The molecule has 5 heterocycles. The van der Waals surface area contributed by atoms with E-state index in [1.165, 1.54) is 46.9 Å². The summed E-state index contributed by atoms with van der Waals surface area (Å²) >= 11 is 5.92. The summed E-state index contributed by atoms with van der Waals surface area (Å²) < 4.78 is 50.7. The van der Waals surface area contributed by atoms with Crippen molar-refractivity contribution in [3.05, 3.63) is 145 Å². The SMILES string of the molecule is C.Cc1cc2c(C)noc2cc1-c1ccc(C(=O)Nc2ccccc2F)s1.Cc1cc2c(C)noc2cc1B1OC(C)(C)C(C)(C)O1.O=C(Nc1ccccc1F)c1ccc(Br)s1. The number of hydrogen-bond acceptors (Lipinski definition) is 10. The van der Waals surface area contributed by atoms with Crippen molar-refractivity contribution in [3.63, 3.8) is 0 Å². The van der Waals surface area contributed by atoms with E-state index in [0.717, 1.165) is 58.6 Å². The number of amides is 2. The summed E-state index contributed by atoms with van der Waals surface area (Å²) in [5, 5.41) is 15.1. The molecule has 0 unspecified atom stereocenters. The molecule has 0 bridgehead atoms. The smallest absolute Gasteiger partial charge is 0.399 e. The van der Waals surface area contributed by atoms with Gasteiger partial charge in [-0.2, -0.15) is 0 Å². The molecule has 1 saturated heterocycles. The molecule has 0 saturated carbocycles. The first-order valence-electron chi connectivity index (χ1n) is 19.5. The van der Waals surface area contributed by atoms with Crippen LogP contribution < -0.4 is 16.1 Å². The van der Waals surface area contributed by atoms with Gasteiger partial charge in [-0.05, 0) is 161 Å². The highest BCUT2D eigenvalue weighted by atomic mass is 79.9. The zero-order valence-electron chi connectivity index (χ0n) is 35.1. The quantitative estimate of drug-likeness (QED) is 0.158. The largest absolute Gasteiger partial charge is 0.495 e. The summed E-state index contributed by atoms with van der Waals surface area (Å²) in [4.78, 5) is 26.1. The van der Waals surface area contributed by atoms with Gasteiger partial charge in [-0.1, -0.05) is 47.6 Å². The molecule has 0 spiro atoms. The van der Waals surface area contributed by atoms with Crippen LogP contribution in [0.25, 0.3) is 32.4 Å². The number of aromatic nitrogens is 2. The van der Waals surface area contributed by atoms with Crippen LogP contribution in [0, 0.1) is 39.3 Å². The number of nitrogens with zero attached hydrogens (tertiary/aromatic N) is 2. The Balaban J connectivity index is 0.000000161. The normalized spacial score (nSPS) is 13.7. The van der Waals surface area contributed by atoms with E-state index in [1.54, 1.807) is 42.5 Å². The number of carbonyl (C=O) groups is 2. The number of benzene rings is 4. The molecule has 2 N–H and O–H groups in total. The molecule has 9 rings (SSSR count). The van der Waals surface area contributed by atoms with Crippen LogP contribution in [0.3, 0.4) is 0 Å². The lowest BCUT2D eigenvalue weighted by atomic mass is 9.76. The van der Waals surface area contributed by atoms with E-state index in [2.05, 4.69) is 77.6 Å². The Morgan fingerprint density at radius 3 is 1.63 bits per heavy atom. The number of para-hydroxylation sites is 2. The second-order valence-corrected chi connectivity index (χ2v) is 19.2. The van der Waals surface area contributed by atoms with Crippen LogP contribution in [0.1, 0.15) is 77.0 Å². The predicted octanol–water partition coefficient (Wildman–Crippen LogP) is 12.8. The molecule has 0 atom stereocenters. The fourth-order valence-corrected chi connectivity index (χ4v) is 8.73. The van der Waals surface area contributed by atoms with Gasteiger partial charge in [0, 0.05) is 15.6 Å². The maximum absolute atomic E-state index is 13.7. The Morgan fingerprint density at radius 1 is 0.651 bits per heavy atom. The summed E-state index contributed by atoms with van der Waals surface area (Å²) in [6, 6.07) is 27.3. The minimum atomic E-state index is -0.459. The van der Waals surface area contributed by atoms with Crippen molar-refractivity contribution >= 4 is 96.3 Å². The summed E-state index contributed by atoms with van der Waals surface area (Å²) in [6.45, 7) is 16.1. The Morgan fingerprint density at radius 2 is 1.13 bits per heavy atom. The van der Waals surface area contributed by atoms with Gasteiger partial charge in [0.25, 0.3) is 11.8 Å². The number of thiophene rings is 2. The van der Waals surface area contributed by atoms with Crippen molar-refractivity contribution in [2.45, 2.75) is 74.0 Å². The second-order valence-electron chi connectivity index (χ2n) is 15.6. The summed E-state index contributed by atoms with van der Waals surface area (Å²) in [6.07, 6.45) is 0. The molecule has 326 valence electrons. The van der Waals surface area contributed by atoms with Crippen molar-refractivity contribution < 1.29 is 36.7 Å². The fourth-order valence-electron chi connectivity index (χ4n) is 6.47. The molecule has 16 heteroatoms. The zero-order chi connectivity index (χ0) is 44.5. The average molecular weight is 956 g/mol. The molecule has 10 nitrogen and oxygen atoms in total. The van der Waals surface area contributed by atoms with E-state index in [-0.39, 0.29) is 48.9 Å². The third-order valence-corrected chi connectivity index (χ3v) is 13.4. The maximum atomic E-state index is 13.7. The molecule has 0 aliphatic carbocycles. The minimum Gasteiger partial charge on any atom is -0.399 e. The highest BCUT2D eigenvalue weighted by molar-refractivity contribution is 9.11. The van der Waals surface area contributed by atoms with Crippen LogP contribution in [-0.4, -0.2) is 40.4 Å². The van der Waals surface area contributed by atoms with E-state index >= 15 is 0 Å². The molecule has 63 heavy (non-hydrogen) atoms. The number of rotatable bonds is 6. The molecule has 8 aromatic rings. The fraction of sp³-hybridized carbons (Fsp3) is 0.234. The number of anilines is 2. The molecule has 0 radical (unpaired) electrons. The Labute approximate surface area is 381 Å². The molecule has 4 aromatic heterocycles. The van der Waals surface area contributed by atoms with Crippen molar-refractivity contribution in [2.75, 3.05) is 10.6 Å². The van der Waals surface area contributed by atoms with E-state index in [9.17, 15) is 18.4 Å². The summed E-state index contributed by atoms with van der Waals surface area (Å²) in [5.74, 6) is -1.53. The van der Waals surface area contributed by atoms with Crippen molar-refractivity contribution in [1.29, 1.82) is 0 Å². The molecule has 1 aliphatic rings. The maximum Gasteiger partial charge on any atom is 0.495 e. The van der Waals surface area contributed by atoms with Crippen LogP contribution in [0.5, 0.6) is 0 Å². The van der Waals surface area contributed by atoms with E-state index < -0.39 is 11.6 Å². The van der Waals surface area contributed by atoms with Gasteiger partial charge in [0.1, 0.15) is 11.6 Å².